The van der Waals surface area contributed by atoms with E-state index < -0.39 is 11.3 Å². The predicted molar refractivity (Wildman–Crippen MR) is 145 cm³/mol. The highest BCUT2D eigenvalue weighted by molar-refractivity contribution is 6.30. The SMILES string of the molecule is CCOC(=O)C(Cl)c1cc(C2CCc3ccc(CCCCO[C@@H]4CCNC4)nc3N2)cnc1C1CCC1. The van der Waals surface area contributed by atoms with Crippen molar-refractivity contribution in [3.8, 4) is 0 Å². The average Bonchev–Trinajstić information content (AvgIpc) is 3.40. The molecule has 4 heterocycles. The number of rotatable bonds is 11. The van der Waals surface area contributed by atoms with Gasteiger partial charge in [0.15, 0.2) is 5.38 Å². The number of pyridine rings is 2. The lowest BCUT2D eigenvalue weighted by molar-refractivity contribution is -0.142. The second-order valence-electron chi connectivity index (χ2n) is 10.5. The number of anilines is 1. The van der Waals surface area contributed by atoms with Crippen LogP contribution in [0.4, 0.5) is 5.82 Å². The number of ether oxygens (including phenoxy) is 2. The number of halogens is 1. The Balaban J connectivity index is 1.23. The smallest absolute Gasteiger partial charge is 0.328 e. The fourth-order valence-corrected chi connectivity index (χ4v) is 5.72. The maximum absolute atomic E-state index is 12.5. The van der Waals surface area contributed by atoms with E-state index in [0.717, 1.165) is 99.4 Å². The van der Waals surface area contributed by atoms with Crippen LogP contribution in [0.2, 0.25) is 0 Å². The molecule has 0 bridgehead atoms. The standard InChI is InChI=1S/C29H39ClN4O3/c1-2-36-29(35)26(30)24-16-21(17-32-27(24)19-6-5-7-19)25-12-10-20-9-11-22(33-28(20)34-25)8-3-4-15-37-23-13-14-31-18-23/h9,11,16-17,19,23,25-26,31H,2-8,10,12-15,18H2,1H3,(H,33,34)/t23-,25?,26?/m1/s1. The first kappa shape index (κ1) is 26.4. The summed E-state index contributed by atoms with van der Waals surface area (Å²) in [5, 5.41) is 6.15. The lowest BCUT2D eigenvalue weighted by Crippen LogP contribution is -2.22. The summed E-state index contributed by atoms with van der Waals surface area (Å²) >= 11 is 6.63. The average molecular weight is 527 g/mol. The summed E-state index contributed by atoms with van der Waals surface area (Å²) in [5.74, 6) is 0.936. The maximum atomic E-state index is 12.5. The van der Waals surface area contributed by atoms with Gasteiger partial charge in [-0.15, -0.1) is 11.6 Å². The lowest BCUT2D eigenvalue weighted by atomic mass is 9.80. The summed E-state index contributed by atoms with van der Waals surface area (Å²) in [4.78, 5) is 22.3. The molecular formula is C29H39ClN4O3. The molecule has 37 heavy (non-hydrogen) atoms. The third kappa shape index (κ3) is 6.44. The molecule has 0 spiro atoms. The lowest BCUT2D eigenvalue weighted by Gasteiger charge is -2.30. The van der Waals surface area contributed by atoms with Gasteiger partial charge in [-0.2, -0.15) is 0 Å². The van der Waals surface area contributed by atoms with Gasteiger partial charge in [0.25, 0.3) is 0 Å². The quantitative estimate of drug-likeness (QED) is 0.231. The Hall–Kier alpha value is -2.22. The molecule has 3 atom stereocenters. The third-order valence-electron chi connectivity index (χ3n) is 7.88. The van der Waals surface area contributed by atoms with Gasteiger partial charge in [-0.3, -0.25) is 9.78 Å². The monoisotopic (exact) mass is 526 g/mol. The van der Waals surface area contributed by atoms with Gasteiger partial charge in [0.2, 0.25) is 0 Å². The van der Waals surface area contributed by atoms with Crippen LogP contribution in [0, 0.1) is 0 Å². The van der Waals surface area contributed by atoms with E-state index in [9.17, 15) is 4.79 Å². The molecule has 2 N–H and O–H groups in total. The van der Waals surface area contributed by atoms with Crippen LogP contribution in [-0.2, 0) is 27.1 Å². The number of hydrogen-bond acceptors (Lipinski definition) is 7. The number of carbonyl (C=O) groups excluding carboxylic acids is 1. The van der Waals surface area contributed by atoms with E-state index in [1.54, 1.807) is 6.92 Å². The van der Waals surface area contributed by atoms with Crippen LogP contribution in [0.15, 0.2) is 24.4 Å². The van der Waals surface area contributed by atoms with Gasteiger partial charge < -0.3 is 20.1 Å². The normalized spacial score (nSPS) is 22.1. The van der Waals surface area contributed by atoms with E-state index in [1.807, 2.05) is 6.20 Å². The Morgan fingerprint density at radius 3 is 2.86 bits per heavy atom. The molecule has 0 aromatic carbocycles. The fraction of sp³-hybridized carbons (Fsp3) is 0.621. The Kier molecular flexibility index (Phi) is 8.95. The van der Waals surface area contributed by atoms with Gasteiger partial charge in [0, 0.05) is 42.2 Å². The highest BCUT2D eigenvalue weighted by Gasteiger charge is 2.31. The van der Waals surface area contributed by atoms with E-state index in [2.05, 4.69) is 28.8 Å². The summed E-state index contributed by atoms with van der Waals surface area (Å²) in [6.45, 7) is 4.98. The first-order valence-corrected chi connectivity index (χ1v) is 14.4. The minimum Gasteiger partial charge on any atom is -0.465 e. The molecule has 2 aromatic rings. The van der Waals surface area contributed by atoms with E-state index in [4.69, 9.17) is 31.0 Å². The second kappa shape index (κ2) is 12.5. The number of alkyl halides is 1. The summed E-state index contributed by atoms with van der Waals surface area (Å²) in [6.07, 6.45) is 11.8. The van der Waals surface area contributed by atoms with Crippen LogP contribution in [0.25, 0.3) is 0 Å². The topological polar surface area (TPSA) is 85.4 Å². The number of fused-ring (bicyclic) bond motifs is 1. The Bertz CT molecular complexity index is 1070. The number of aryl methyl sites for hydroxylation is 2. The van der Waals surface area contributed by atoms with Crippen molar-refractivity contribution in [3.05, 3.63) is 52.5 Å². The molecule has 200 valence electrons. The van der Waals surface area contributed by atoms with Crippen LogP contribution in [0.3, 0.4) is 0 Å². The molecule has 1 saturated carbocycles. The predicted octanol–water partition coefficient (Wildman–Crippen LogP) is 5.39. The van der Waals surface area contributed by atoms with Gasteiger partial charge in [0.05, 0.1) is 18.8 Å². The van der Waals surface area contributed by atoms with Gasteiger partial charge in [-0.25, -0.2) is 4.98 Å². The van der Waals surface area contributed by atoms with Gasteiger partial charge >= 0.3 is 5.97 Å². The van der Waals surface area contributed by atoms with Gasteiger partial charge in [-0.05, 0) is 88.1 Å². The van der Waals surface area contributed by atoms with Crippen LogP contribution < -0.4 is 10.6 Å². The molecule has 7 nitrogen and oxygen atoms in total. The molecule has 3 aliphatic rings. The summed E-state index contributed by atoms with van der Waals surface area (Å²) < 4.78 is 11.2. The zero-order valence-electron chi connectivity index (χ0n) is 21.8. The Morgan fingerprint density at radius 1 is 1.22 bits per heavy atom. The van der Waals surface area contributed by atoms with Crippen LogP contribution >= 0.6 is 11.6 Å². The minimum absolute atomic E-state index is 0.0800. The number of carbonyl (C=O) groups is 1. The summed E-state index contributed by atoms with van der Waals surface area (Å²) in [7, 11) is 0. The van der Waals surface area contributed by atoms with E-state index in [-0.39, 0.29) is 6.04 Å². The zero-order chi connectivity index (χ0) is 25.6. The molecule has 2 unspecified atom stereocenters. The largest absolute Gasteiger partial charge is 0.465 e. The first-order valence-electron chi connectivity index (χ1n) is 14.0. The number of nitrogens with one attached hydrogen (secondary N) is 2. The Morgan fingerprint density at radius 2 is 2.11 bits per heavy atom. The van der Waals surface area contributed by atoms with Crippen LogP contribution in [-0.4, -0.2) is 48.3 Å². The number of unbranched alkanes of at least 4 members (excludes halogenated alkanes) is 1. The zero-order valence-corrected chi connectivity index (χ0v) is 22.6. The van der Waals surface area contributed by atoms with E-state index >= 15 is 0 Å². The number of hydrogen-bond donors (Lipinski definition) is 2. The minimum atomic E-state index is -0.836. The summed E-state index contributed by atoms with van der Waals surface area (Å²) in [5.41, 5.74) is 5.15. The highest BCUT2D eigenvalue weighted by atomic mass is 35.5. The molecule has 0 radical (unpaired) electrons. The number of esters is 1. The van der Waals surface area contributed by atoms with Crippen molar-refractivity contribution < 1.29 is 14.3 Å². The molecule has 2 aromatic heterocycles. The maximum Gasteiger partial charge on any atom is 0.328 e. The second-order valence-corrected chi connectivity index (χ2v) is 10.9. The van der Waals surface area contributed by atoms with Gasteiger partial charge in [-0.1, -0.05) is 12.5 Å². The van der Waals surface area contributed by atoms with Crippen molar-refractivity contribution in [1.82, 2.24) is 15.3 Å². The van der Waals surface area contributed by atoms with Crippen molar-refractivity contribution in [2.24, 2.45) is 0 Å². The summed E-state index contributed by atoms with van der Waals surface area (Å²) in [6, 6.07) is 6.52. The van der Waals surface area contributed by atoms with Crippen molar-refractivity contribution in [2.45, 2.75) is 88.2 Å². The molecule has 0 amide bonds. The molecule has 8 heteroatoms. The highest BCUT2D eigenvalue weighted by Crippen LogP contribution is 2.41. The molecule has 2 aliphatic heterocycles. The first-order chi connectivity index (χ1) is 18.1. The van der Waals surface area contributed by atoms with Crippen LogP contribution in [0.1, 0.15) is 97.3 Å². The van der Waals surface area contributed by atoms with Crippen molar-refractivity contribution >= 4 is 23.4 Å². The third-order valence-corrected chi connectivity index (χ3v) is 8.29. The van der Waals surface area contributed by atoms with Gasteiger partial charge in [0.1, 0.15) is 5.82 Å². The molecule has 5 rings (SSSR count). The van der Waals surface area contributed by atoms with Crippen molar-refractivity contribution in [3.63, 3.8) is 0 Å². The van der Waals surface area contributed by atoms with Crippen molar-refractivity contribution in [2.75, 3.05) is 31.6 Å². The molecular weight excluding hydrogens is 488 g/mol. The Labute approximate surface area is 225 Å². The van der Waals surface area contributed by atoms with E-state index in [1.165, 1.54) is 12.0 Å². The van der Waals surface area contributed by atoms with Crippen molar-refractivity contribution in [1.29, 1.82) is 0 Å². The molecule has 1 aliphatic carbocycles. The number of aromatic nitrogens is 2. The number of nitrogens with zero attached hydrogens (tertiary/aromatic N) is 2. The molecule has 1 saturated heterocycles. The fourth-order valence-electron chi connectivity index (χ4n) is 5.48. The van der Waals surface area contributed by atoms with Crippen LogP contribution in [0.5, 0.6) is 0 Å². The molecule has 2 fully saturated rings. The van der Waals surface area contributed by atoms with E-state index in [0.29, 0.717) is 18.6 Å².